The number of hydrogen-bond donors (Lipinski definition) is 4. The van der Waals surface area contributed by atoms with Crippen molar-refractivity contribution in [2.75, 3.05) is 23.3 Å². The molecule has 1 aliphatic rings. The van der Waals surface area contributed by atoms with E-state index in [0.29, 0.717) is 22.0 Å². The molecule has 12 nitrogen and oxygen atoms in total. The Kier molecular flexibility index (Phi) is 10.9. The van der Waals surface area contributed by atoms with Crippen LogP contribution in [0.3, 0.4) is 0 Å². The highest BCUT2D eigenvalue weighted by Crippen LogP contribution is 2.40. The molecule has 1 fully saturated rings. The second kappa shape index (κ2) is 14.2. The minimum atomic E-state index is -5.08. The number of nitriles is 1. The van der Waals surface area contributed by atoms with Gasteiger partial charge in [-0.15, -0.1) is 0 Å². The zero-order valence-corrected chi connectivity index (χ0v) is 23.7. The minimum Gasteiger partial charge on any atom is -0.475 e. The molecule has 0 spiro atoms. The lowest BCUT2D eigenvalue weighted by molar-refractivity contribution is -0.193. The monoisotopic (exact) mass is 660 g/mol. The van der Waals surface area contributed by atoms with Crippen molar-refractivity contribution in [3.05, 3.63) is 47.6 Å². The van der Waals surface area contributed by atoms with Crippen molar-refractivity contribution in [1.29, 1.82) is 5.26 Å². The van der Waals surface area contributed by atoms with Gasteiger partial charge in [0.25, 0.3) is 0 Å². The molecule has 1 unspecified atom stereocenters. The van der Waals surface area contributed by atoms with E-state index in [0.717, 1.165) is 48.1 Å². The van der Waals surface area contributed by atoms with Crippen LogP contribution in [-0.4, -0.2) is 72.5 Å². The summed E-state index contributed by atoms with van der Waals surface area (Å²) in [6.07, 6.45) is -3.57. The average Bonchev–Trinajstić information content (AvgIpc) is 3.47. The average molecular weight is 661 g/mol. The molecule has 19 heteroatoms. The standard InChI is InChI=1S/C22H21ClN8.2C2HF3O2/c1-13(30-22-19-21(27-11-26-19)28-12-29-22)16-9-17(23)15-3-2-6-25-18(15)20(16)31-7-4-14(10-24)5-8-31;2*3-2(4,5)1(6)7/h2-3,6,9,11-14H,4-5,7-8H2,1H3,(H2,26,27,28,29,30);2*(H,6,7). The Hall–Kier alpha value is -4.92. The molecule has 0 radical (unpaired) electrons. The molecule has 1 aliphatic heterocycles. The zero-order valence-electron chi connectivity index (χ0n) is 23.0. The summed E-state index contributed by atoms with van der Waals surface area (Å²) in [5.74, 6) is -4.75. The second-order valence-electron chi connectivity index (χ2n) is 9.38. The SMILES string of the molecule is CC(Nc1ncnc2[nH]cnc12)c1cc(Cl)c2cccnc2c1N1CCC(C#N)CC1.O=C(O)C(F)(F)F.O=C(O)C(F)(F)F. The lowest BCUT2D eigenvalue weighted by Gasteiger charge is -2.34. The molecule has 0 saturated carbocycles. The summed E-state index contributed by atoms with van der Waals surface area (Å²) in [5.41, 5.74) is 4.34. The maximum atomic E-state index is 10.6. The summed E-state index contributed by atoms with van der Waals surface area (Å²) in [6, 6.07) is 8.20. The number of halogens is 7. The number of nitrogens with one attached hydrogen (secondary N) is 2. The molecular weight excluding hydrogens is 638 g/mol. The van der Waals surface area contributed by atoms with Crippen LogP contribution in [0, 0.1) is 17.2 Å². The maximum absolute atomic E-state index is 10.6. The summed E-state index contributed by atoms with van der Waals surface area (Å²) < 4.78 is 63.5. The number of aliphatic carboxylic acids is 2. The van der Waals surface area contributed by atoms with Crippen LogP contribution in [0.25, 0.3) is 22.1 Å². The number of benzene rings is 1. The highest BCUT2D eigenvalue weighted by Gasteiger charge is 2.39. The smallest absolute Gasteiger partial charge is 0.475 e. The minimum absolute atomic E-state index is 0.107. The van der Waals surface area contributed by atoms with Crippen molar-refractivity contribution >= 4 is 57.1 Å². The first-order valence-electron chi connectivity index (χ1n) is 12.8. The van der Waals surface area contributed by atoms with Crippen molar-refractivity contribution < 1.29 is 46.1 Å². The molecule has 5 rings (SSSR count). The number of pyridine rings is 1. The largest absolute Gasteiger partial charge is 0.490 e. The van der Waals surface area contributed by atoms with E-state index < -0.39 is 24.3 Å². The number of fused-ring (bicyclic) bond motifs is 2. The number of nitrogens with zero attached hydrogens (tertiary/aromatic N) is 6. The fourth-order valence-corrected chi connectivity index (χ4v) is 4.52. The quantitative estimate of drug-likeness (QED) is 0.196. The highest BCUT2D eigenvalue weighted by molar-refractivity contribution is 6.36. The van der Waals surface area contributed by atoms with Gasteiger partial charge in [-0.05, 0) is 38.0 Å². The number of carboxylic acids is 2. The summed E-state index contributed by atoms with van der Waals surface area (Å²) in [6.45, 7) is 3.69. The Morgan fingerprint density at radius 3 is 2.22 bits per heavy atom. The van der Waals surface area contributed by atoms with Gasteiger partial charge in [0.15, 0.2) is 11.5 Å². The van der Waals surface area contributed by atoms with E-state index in [2.05, 4.69) is 48.1 Å². The molecule has 1 saturated heterocycles. The number of rotatable bonds is 4. The summed E-state index contributed by atoms with van der Waals surface area (Å²) in [7, 11) is 0. The molecule has 4 heterocycles. The van der Waals surface area contributed by atoms with Crippen LogP contribution >= 0.6 is 11.6 Å². The molecule has 4 N–H and O–H groups in total. The van der Waals surface area contributed by atoms with Crippen molar-refractivity contribution in [1.82, 2.24) is 24.9 Å². The topological polar surface area (TPSA) is 181 Å². The number of anilines is 2. The number of aromatic amines is 1. The zero-order chi connectivity index (χ0) is 33.5. The molecule has 0 amide bonds. The number of carbonyl (C=O) groups is 2. The molecule has 3 aromatic heterocycles. The van der Waals surface area contributed by atoms with Crippen LogP contribution in [0.2, 0.25) is 5.02 Å². The highest BCUT2D eigenvalue weighted by atomic mass is 35.5. The molecule has 1 aromatic carbocycles. The Bertz CT molecular complexity index is 1680. The molecular formula is C26H23ClF6N8O4. The Morgan fingerprint density at radius 2 is 1.67 bits per heavy atom. The maximum Gasteiger partial charge on any atom is 0.490 e. The van der Waals surface area contributed by atoms with E-state index in [1.165, 1.54) is 6.33 Å². The fraction of sp³-hybridized carbons (Fsp3) is 0.346. The lowest BCUT2D eigenvalue weighted by Crippen LogP contribution is -2.34. The first kappa shape index (κ1) is 34.6. The summed E-state index contributed by atoms with van der Waals surface area (Å²) in [4.78, 5) is 40.8. The van der Waals surface area contributed by atoms with Gasteiger partial charge in [-0.25, -0.2) is 24.5 Å². The molecule has 1 atom stereocenters. The third-order valence-electron chi connectivity index (χ3n) is 6.36. The van der Waals surface area contributed by atoms with E-state index in [1.807, 2.05) is 18.2 Å². The number of hydrogen-bond acceptors (Lipinski definition) is 9. The Morgan fingerprint density at radius 1 is 1.07 bits per heavy atom. The summed E-state index contributed by atoms with van der Waals surface area (Å²) >= 11 is 6.67. The van der Waals surface area contributed by atoms with Gasteiger partial charge >= 0.3 is 24.3 Å². The van der Waals surface area contributed by atoms with Crippen molar-refractivity contribution in [2.45, 2.75) is 38.2 Å². The molecule has 4 aromatic rings. The van der Waals surface area contributed by atoms with Crippen LogP contribution in [0.4, 0.5) is 37.8 Å². The van der Waals surface area contributed by atoms with Gasteiger partial charge < -0.3 is 25.4 Å². The van der Waals surface area contributed by atoms with Crippen LogP contribution < -0.4 is 10.2 Å². The molecule has 0 aliphatic carbocycles. The van der Waals surface area contributed by atoms with Crippen LogP contribution in [0.5, 0.6) is 0 Å². The first-order chi connectivity index (χ1) is 21.0. The van der Waals surface area contributed by atoms with E-state index in [-0.39, 0.29) is 12.0 Å². The van der Waals surface area contributed by atoms with E-state index in [1.54, 1.807) is 12.5 Å². The van der Waals surface area contributed by atoms with Gasteiger partial charge in [0.2, 0.25) is 0 Å². The third-order valence-corrected chi connectivity index (χ3v) is 6.67. The first-order valence-corrected chi connectivity index (χ1v) is 13.1. The van der Waals surface area contributed by atoms with Gasteiger partial charge in [0.05, 0.1) is 34.7 Å². The van der Waals surface area contributed by atoms with Crippen LogP contribution in [-0.2, 0) is 9.59 Å². The number of alkyl halides is 6. The number of piperidine rings is 1. The molecule has 45 heavy (non-hydrogen) atoms. The number of carboxylic acid groups (broad SMARTS) is 2. The van der Waals surface area contributed by atoms with Gasteiger partial charge in [-0.2, -0.15) is 31.6 Å². The third kappa shape index (κ3) is 8.81. The van der Waals surface area contributed by atoms with Gasteiger partial charge in [-0.1, -0.05) is 11.6 Å². The molecule has 240 valence electrons. The Labute approximate surface area is 254 Å². The van der Waals surface area contributed by atoms with E-state index >= 15 is 0 Å². The number of imidazole rings is 1. The van der Waals surface area contributed by atoms with Gasteiger partial charge in [0.1, 0.15) is 11.8 Å². The predicted molar refractivity (Wildman–Crippen MR) is 148 cm³/mol. The number of aromatic nitrogens is 5. The van der Waals surface area contributed by atoms with Crippen molar-refractivity contribution in [3.63, 3.8) is 0 Å². The summed E-state index contributed by atoms with van der Waals surface area (Å²) in [5, 5.41) is 28.6. The van der Waals surface area contributed by atoms with Gasteiger partial charge in [-0.3, -0.25) is 4.98 Å². The van der Waals surface area contributed by atoms with E-state index in [4.69, 9.17) is 31.4 Å². The Balaban J connectivity index is 0.000000331. The van der Waals surface area contributed by atoms with Gasteiger partial charge in [0, 0.05) is 36.2 Å². The van der Waals surface area contributed by atoms with E-state index in [9.17, 15) is 31.6 Å². The number of H-pyrrole nitrogens is 1. The normalized spacial score (nSPS) is 14.4. The lowest BCUT2D eigenvalue weighted by atomic mass is 9.95. The molecule has 0 bridgehead atoms. The predicted octanol–water partition coefficient (Wildman–Crippen LogP) is 5.73. The second-order valence-corrected chi connectivity index (χ2v) is 9.79. The van der Waals surface area contributed by atoms with Crippen molar-refractivity contribution in [3.8, 4) is 6.07 Å². The van der Waals surface area contributed by atoms with Crippen LogP contribution in [0.15, 0.2) is 37.1 Å². The van der Waals surface area contributed by atoms with Crippen molar-refractivity contribution in [2.24, 2.45) is 5.92 Å². The fourth-order valence-electron chi connectivity index (χ4n) is 4.25. The van der Waals surface area contributed by atoms with Crippen LogP contribution in [0.1, 0.15) is 31.4 Å².